The van der Waals surface area contributed by atoms with Gasteiger partial charge >= 0.3 is 0 Å². The van der Waals surface area contributed by atoms with Gasteiger partial charge in [-0.25, -0.2) is 15.0 Å². The number of aliphatic hydroxyl groups is 2. The minimum Gasteiger partial charge on any atom is -0.387 e. The molecule has 4 atom stereocenters. The van der Waals surface area contributed by atoms with E-state index in [0.29, 0.717) is 17.7 Å². The van der Waals surface area contributed by atoms with Crippen LogP contribution in [0, 0.1) is 0 Å². The number of imidazole rings is 1. The van der Waals surface area contributed by atoms with E-state index in [-0.39, 0.29) is 5.82 Å². The summed E-state index contributed by atoms with van der Waals surface area (Å²) in [5.41, 5.74) is 6.48. The van der Waals surface area contributed by atoms with E-state index < -0.39 is 30.4 Å². The lowest BCUT2D eigenvalue weighted by atomic mass is 10.1. The first-order chi connectivity index (χ1) is 13.0. The van der Waals surface area contributed by atoms with Crippen molar-refractivity contribution >= 4 is 22.9 Å². The molecule has 0 bridgehead atoms. The number of carbonyl (C=O) groups excluding carboxylic acids is 1. The average Bonchev–Trinajstić information content (AvgIpc) is 3.21. The standard InChI is InChI=1S/C17H26N6O4/c1-2-3-4-5-6-7-19-16(26)13-11(24)12(25)17(27-13)23-9-22-10-14(18)20-8-21-15(10)23/h8-9,11-13,17,24-25H,2-7H2,1H3,(H,19,26)(H2,18,20,21)/t11-,12+,13-,17+/m0/s1. The van der Waals surface area contributed by atoms with Crippen LogP contribution in [0.15, 0.2) is 12.7 Å². The summed E-state index contributed by atoms with van der Waals surface area (Å²) in [6.45, 7) is 2.65. The van der Waals surface area contributed by atoms with E-state index in [1.807, 2.05) is 0 Å². The van der Waals surface area contributed by atoms with Crippen LogP contribution in [0.4, 0.5) is 5.82 Å². The van der Waals surface area contributed by atoms with Crippen LogP contribution in [0.3, 0.4) is 0 Å². The second-order valence-corrected chi connectivity index (χ2v) is 6.72. The summed E-state index contributed by atoms with van der Waals surface area (Å²) in [5.74, 6) is -0.248. The number of hydrogen-bond donors (Lipinski definition) is 4. The van der Waals surface area contributed by atoms with Gasteiger partial charge in [0.15, 0.2) is 23.8 Å². The molecule has 0 radical (unpaired) electrons. The third-order valence-corrected chi connectivity index (χ3v) is 4.74. The van der Waals surface area contributed by atoms with Crippen molar-refractivity contribution in [1.82, 2.24) is 24.8 Å². The lowest BCUT2D eigenvalue weighted by molar-refractivity contribution is -0.137. The highest BCUT2D eigenvalue weighted by Crippen LogP contribution is 2.32. The molecule has 0 aliphatic carbocycles. The van der Waals surface area contributed by atoms with Crippen LogP contribution in [-0.4, -0.2) is 60.5 Å². The van der Waals surface area contributed by atoms with Crippen LogP contribution >= 0.6 is 0 Å². The van der Waals surface area contributed by atoms with Crippen LogP contribution in [0.5, 0.6) is 0 Å². The van der Waals surface area contributed by atoms with Gasteiger partial charge in [-0.05, 0) is 6.42 Å². The molecule has 0 aromatic carbocycles. The number of nitrogens with two attached hydrogens (primary N) is 1. The zero-order chi connectivity index (χ0) is 19.4. The molecule has 1 saturated heterocycles. The molecule has 1 fully saturated rings. The van der Waals surface area contributed by atoms with E-state index in [2.05, 4.69) is 27.2 Å². The van der Waals surface area contributed by atoms with Crippen molar-refractivity contribution in [1.29, 1.82) is 0 Å². The molecule has 0 unspecified atom stereocenters. The molecule has 5 N–H and O–H groups in total. The fourth-order valence-electron chi connectivity index (χ4n) is 3.20. The second kappa shape index (κ2) is 8.59. The summed E-state index contributed by atoms with van der Waals surface area (Å²) in [6.07, 6.45) is 3.21. The summed E-state index contributed by atoms with van der Waals surface area (Å²) in [4.78, 5) is 24.4. The third kappa shape index (κ3) is 4.02. The molecule has 3 rings (SSSR count). The Bertz CT molecular complexity index is 782. The fraction of sp³-hybridized carbons (Fsp3) is 0.647. The highest BCUT2D eigenvalue weighted by atomic mass is 16.6. The Kier molecular flexibility index (Phi) is 6.19. The number of ether oxygens (including phenoxy) is 1. The molecule has 3 heterocycles. The van der Waals surface area contributed by atoms with Gasteiger partial charge in [0.05, 0.1) is 6.33 Å². The molecule has 10 heteroatoms. The predicted octanol–water partition coefficient (Wildman–Crippen LogP) is 0.114. The molecule has 1 aliphatic heterocycles. The fourth-order valence-corrected chi connectivity index (χ4v) is 3.20. The van der Waals surface area contributed by atoms with Gasteiger partial charge < -0.3 is 26.0 Å². The molecule has 27 heavy (non-hydrogen) atoms. The Balaban J connectivity index is 1.63. The molecule has 1 amide bonds. The minimum atomic E-state index is -1.35. The van der Waals surface area contributed by atoms with E-state index in [1.165, 1.54) is 23.6 Å². The lowest BCUT2D eigenvalue weighted by Gasteiger charge is -2.16. The van der Waals surface area contributed by atoms with E-state index in [1.54, 1.807) is 0 Å². The van der Waals surface area contributed by atoms with E-state index in [4.69, 9.17) is 10.5 Å². The summed E-state index contributed by atoms with van der Waals surface area (Å²) < 4.78 is 7.09. The van der Waals surface area contributed by atoms with Crippen LogP contribution in [0.1, 0.15) is 45.3 Å². The number of fused-ring (bicyclic) bond motifs is 1. The largest absolute Gasteiger partial charge is 0.387 e. The number of aliphatic hydroxyl groups excluding tert-OH is 2. The number of anilines is 1. The lowest BCUT2D eigenvalue weighted by Crippen LogP contribution is -2.43. The average molecular weight is 378 g/mol. The van der Waals surface area contributed by atoms with Gasteiger partial charge in [-0.1, -0.05) is 32.6 Å². The maximum Gasteiger partial charge on any atom is 0.252 e. The molecule has 148 valence electrons. The summed E-state index contributed by atoms with van der Waals surface area (Å²) in [6, 6.07) is 0. The second-order valence-electron chi connectivity index (χ2n) is 6.72. The van der Waals surface area contributed by atoms with Crippen LogP contribution in [-0.2, 0) is 9.53 Å². The van der Waals surface area contributed by atoms with Crippen molar-refractivity contribution in [2.75, 3.05) is 12.3 Å². The first-order valence-electron chi connectivity index (χ1n) is 9.27. The van der Waals surface area contributed by atoms with Crippen LogP contribution < -0.4 is 11.1 Å². The van der Waals surface area contributed by atoms with Gasteiger partial charge in [0.2, 0.25) is 0 Å². The quantitative estimate of drug-likeness (QED) is 0.473. The molecule has 0 saturated carbocycles. The summed E-state index contributed by atoms with van der Waals surface area (Å²) in [5, 5.41) is 23.4. The number of hydrogen-bond acceptors (Lipinski definition) is 8. The molecular weight excluding hydrogens is 352 g/mol. The predicted molar refractivity (Wildman–Crippen MR) is 97.4 cm³/mol. The number of nitrogens with zero attached hydrogens (tertiary/aromatic N) is 4. The normalized spacial score (nSPS) is 25.1. The summed E-state index contributed by atoms with van der Waals surface area (Å²) in [7, 11) is 0. The number of aromatic nitrogens is 4. The van der Waals surface area contributed by atoms with Crippen molar-refractivity contribution in [3.8, 4) is 0 Å². The maximum absolute atomic E-state index is 12.3. The molecule has 0 spiro atoms. The van der Waals surface area contributed by atoms with Crippen molar-refractivity contribution in [2.24, 2.45) is 0 Å². The monoisotopic (exact) mass is 378 g/mol. The number of nitrogen functional groups attached to an aromatic ring is 1. The Morgan fingerprint density at radius 3 is 2.78 bits per heavy atom. The number of carbonyl (C=O) groups is 1. The topological polar surface area (TPSA) is 148 Å². The van der Waals surface area contributed by atoms with Gasteiger partial charge in [-0.3, -0.25) is 9.36 Å². The SMILES string of the molecule is CCCCCCCNC(=O)[C@H]1O[C@@H](n2cnc3c(N)ncnc32)[C@H](O)[C@@H]1O. The molecule has 2 aromatic heterocycles. The van der Waals surface area contributed by atoms with Crippen LogP contribution in [0.2, 0.25) is 0 Å². The molecule has 1 aliphatic rings. The Morgan fingerprint density at radius 2 is 2.00 bits per heavy atom. The van der Waals surface area contributed by atoms with Crippen molar-refractivity contribution in [3.05, 3.63) is 12.7 Å². The minimum absolute atomic E-state index is 0.198. The van der Waals surface area contributed by atoms with E-state index in [0.717, 1.165) is 25.7 Å². The third-order valence-electron chi connectivity index (χ3n) is 4.74. The van der Waals surface area contributed by atoms with Crippen molar-refractivity contribution < 1.29 is 19.7 Å². The van der Waals surface area contributed by atoms with Gasteiger partial charge in [0.1, 0.15) is 24.1 Å². The smallest absolute Gasteiger partial charge is 0.252 e. The number of rotatable bonds is 8. The molecule has 10 nitrogen and oxygen atoms in total. The van der Waals surface area contributed by atoms with E-state index >= 15 is 0 Å². The van der Waals surface area contributed by atoms with Gasteiger partial charge in [-0.2, -0.15) is 0 Å². The Hall–Kier alpha value is -2.30. The first kappa shape index (κ1) is 19.5. The maximum atomic E-state index is 12.3. The molecular formula is C17H26N6O4. The van der Waals surface area contributed by atoms with Crippen LogP contribution in [0.25, 0.3) is 11.2 Å². The van der Waals surface area contributed by atoms with E-state index in [9.17, 15) is 15.0 Å². The van der Waals surface area contributed by atoms with Crippen molar-refractivity contribution in [2.45, 2.75) is 63.6 Å². The highest BCUT2D eigenvalue weighted by Gasteiger charge is 2.47. The van der Waals surface area contributed by atoms with Gasteiger partial charge in [-0.15, -0.1) is 0 Å². The number of nitrogens with one attached hydrogen (secondary N) is 1. The number of unbranched alkanes of at least 4 members (excludes halogenated alkanes) is 4. The van der Waals surface area contributed by atoms with Crippen molar-refractivity contribution in [3.63, 3.8) is 0 Å². The Morgan fingerprint density at radius 1 is 1.22 bits per heavy atom. The summed E-state index contributed by atoms with van der Waals surface area (Å²) >= 11 is 0. The molecule has 2 aromatic rings. The zero-order valence-electron chi connectivity index (χ0n) is 15.3. The first-order valence-corrected chi connectivity index (χ1v) is 9.27. The van der Waals surface area contributed by atoms with Gasteiger partial charge in [0.25, 0.3) is 5.91 Å². The highest BCUT2D eigenvalue weighted by molar-refractivity contribution is 5.82. The van der Waals surface area contributed by atoms with Gasteiger partial charge in [0, 0.05) is 6.54 Å². The Labute approximate surface area is 156 Å². The zero-order valence-corrected chi connectivity index (χ0v) is 15.3. The number of amides is 1.